The molecular formula is C24H21N3O5S. The molecular weight excluding hydrogens is 442 g/mol. The molecule has 2 aromatic carbocycles. The normalized spacial score (nSPS) is 12.4. The molecule has 0 fully saturated rings. The van der Waals surface area contributed by atoms with Crippen LogP contribution in [0.2, 0.25) is 0 Å². The number of anilines is 1. The Morgan fingerprint density at radius 1 is 1.06 bits per heavy atom. The van der Waals surface area contributed by atoms with Gasteiger partial charge in [-0.25, -0.2) is 4.98 Å². The first-order valence-electron chi connectivity index (χ1n) is 10.3. The monoisotopic (exact) mass is 463 g/mol. The number of rotatable bonds is 6. The van der Waals surface area contributed by atoms with Crippen LogP contribution in [0.1, 0.15) is 15.9 Å². The Labute approximate surface area is 194 Å². The summed E-state index contributed by atoms with van der Waals surface area (Å²) in [5.74, 6) is 2.19. The summed E-state index contributed by atoms with van der Waals surface area (Å²) in [7, 11) is 3.17. The first kappa shape index (κ1) is 21.0. The van der Waals surface area contributed by atoms with Crippen LogP contribution in [0.3, 0.4) is 0 Å². The number of aromatic nitrogens is 2. The molecule has 168 valence electrons. The van der Waals surface area contributed by atoms with Gasteiger partial charge in [0.25, 0.3) is 5.91 Å². The van der Waals surface area contributed by atoms with Crippen molar-refractivity contribution in [1.29, 1.82) is 0 Å². The largest absolute Gasteiger partial charge is 0.493 e. The Morgan fingerprint density at radius 2 is 1.85 bits per heavy atom. The topological polar surface area (TPSA) is 83.0 Å². The first-order valence-corrected chi connectivity index (χ1v) is 11.1. The van der Waals surface area contributed by atoms with E-state index in [4.69, 9.17) is 23.9 Å². The van der Waals surface area contributed by atoms with Gasteiger partial charge in [0, 0.05) is 30.1 Å². The van der Waals surface area contributed by atoms with E-state index in [-0.39, 0.29) is 5.91 Å². The van der Waals surface area contributed by atoms with Crippen LogP contribution in [0.25, 0.3) is 10.2 Å². The summed E-state index contributed by atoms with van der Waals surface area (Å²) in [6.45, 7) is 1.26. The lowest BCUT2D eigenvalue weighted by atomic mass is 10.1. The smallest absolute Gasteiger partial charge is 0.260 e. The number of nitrogens with zero attached hydrogens (tertiary/aromatic N) is 3. The van der Waals surface area contributed by atoms with Gasteiger partial charge in [-0.05, 0) is 29.8 Å². The van der Waals surface area contributed by atoms with Crippen LogP contribution in [-0.2, 0) is 6.54 Å². The molecule has 33 heavy (non-hydrogen) atoms. The van der Waals surface area contributed by atoms with Gasteiger partial charge in [-0.3, -0.25) is 14.7 Å². The zero-order valence-electron chi connectivity index (χ0n) is 18.1. The third-order valence-electron chi connectivity index (χ3n) is 5.21. The highest BCUT2D eigenvalue weighted by Gasteiger charge is 2.24. The van der Waals surface area contributed by atoms with E-state index in [9.17, 15) is 4.79 Å². The van der Waals surface area contributed by atoms with Crippen molar-refractivity contribution in [2.45, 2.75) is 6.54 Å². The summed E-state index contributed by atoms with van der Waals surface area (Å²) in [6, 6.07) is 12.7. The second-order valence-electron chi connectivity index (χ2n) is 7.28. The summed E-state index contributed by atoms with van der Waals surface area (Å²) in [5, 5.41) is 0.559. The number of pyridine rings is 1. The molecule has 0 spiro atoms. The standard InChI is InChI=1S/C24H21N3O5S/c1-29-19-11-17-22(12-20(19)30-2)33-24(26-17)27(14-15-4-3-7-25-13-15)23(28)16-5-6-18-21(10-16)32-9-8-31-18/h3-7,10-13H,8-9,14H2,1-2H3. The number of methoxy groups -OCH3 is 2. The number of hydrogen-bond donors (Lipinski definition) is 0. The van der Waals surface area contributed by atoms with Gasteiger partial charge in [-0.2, -0.15) is 0 Å². The summed E-state index contributed by atoms with van der Waals surface area (Å²) in [5.41, 5.74) is 2.09. The zero-order valence-corrected chi connectivity index (χ0v) is 18.9. The number of thiazole rings is 1. The van der Waals surface area contributed by atoms with Crippen molar-refractivity contribution < 1.29 is 23.7 Å². The Morgan fingerprint density at radius 3 is 2.61 bits per heavy atom. The van der Waals surface area contributed by atoms with E-state index in [0.29, 0.717) is 53.5 Å². The number of amides is 1. The highest BCUT2D eigenvalue weighted by Crippen LogP contribution is 2.38. The van der Waals surface area contributed by atoms with Gasteiger partial charge in [0.15, 0.2) is 28.1 Å². The summed E-state index contributed by atoms with van der Waals surface area (Å²) < 4.78 is 23.0. The van der Waals surface area contributed by atoms with Crippen molar-refractivity contribution in [3.05, 3.63) is 66.0 Å². The summed E-state index contributed by atoms with van der Waals surface area (Å²) in [6.07, 6.45) is 3.44. The van der Waals surface area contributed by atoms with Crippen LogP contribution in [0.15, 0.2) is 54.9 Å². The van der Waals surface area contributed by atoms with Crippen LogP contribution < -0.4 is 23.8 Å². The van der Waals surface area contributed by atoms with Crippen LogP contribution in [0, 0.1) is 0 Å². The minimum Gasteiger partial charge on any atom is -0.493 e. The molecule has 0 bridgehead atoms. The Hall–Kier alpha value is -3.85. The Bertz CT molecular complexity index is 1270. The van der Waals surface area contributed by atoms with Crippen molar-refractivity contribution in [2.24, 2.45) is 0 Å². The van der Waals surface area contributed by atoms with Gasteiger partial charge in [-0.15, -0.1) is 0 Å². The Balaban J connectivity index is 1.56. The highest BCUT2D eigenvalue weighted by atomic mass is 32.1. The van der Waals surface area contributed by atoms with Gasteiger partial charge in [0.2, 0.25) is 0 Å². The van der Waals surface area contributed by atoms with E-state index in [2.05, 4.69) is 4.98 Å². The van der Waals surface area contributed by atoms with Gasteiger partial charge in [-0.1, -0.05) is 17.4 Å². The van der Waals surface area contributed by atoms with Crippen molar-refractivity contribution in [3.8, 4) is 23.0 Å². The molecule has 0 radical (unpaired) electrons. The lowest BCUT2D eigenvalue weighted by Gasteiger charge is -2.22. The van der Waals surface area contributed by atoms with Gasteiger partial charge < -0.3 is 18.9 Å². The highest BCUT2D eigenvalue weighted by molar-refractivity contribution is 7.22. The number of hydrogen-bond acceptors (Lipinski definition) is 8. The molecule has 0 N–H and O–H groups in total. The fourth-order valence-corrected chi connectivity index (χ4v) is 4.56. The third kappa shape index (κ3) is 4.14. The average Bonchev–Trinajstić information content (AvgIpc) is 3.28. The number of ether oxygens (including phenoxy) is 4. The molecule has 2 aromatic heterocycles. The molecule has 1 aliphatic rings. The predicted octanol–water partition coefficient (Wildman–Crippen LogP) is 4.33. The van der Waals surface area contributed by atoms with Crippen molar-refractivity contribution in [1.82, 2.24) is 9.97 Å². The van der Waals surface area contributed by atoms with E-state index >= 15 is 0 Å². The maximum Gasteiger partial charge on any atom is 0.260 e. The summed E-state index contributed by atoms with van der Waals surface area (Å²) in [4.78, 5) is 24.3. The molecule has 9 heteroatoms. The zero-order chi connectivity index (χ0) is 22.8. The van der Waals surface area contributed by atoms with Crippen molar-refractivity contribution in [3.63, 3.8) is 0 Å². The van der Waals surface area contributed by atoms with Crippen LogP contribution >= 0.6 is 11.3 Å². The maximum absolute atomic E-state index is 13.7. The Kier molecular flexibility index (Phi) is 5.70. The molecule has 8 nitrogen and oxygen atoms in total. The van der Waals surface area contributed by atoms with E-state index < -0.39 is 0 Å². The molecule has 0 unspecified atom stereocenters. The number of carbonyl (C=O) groups excluding carboxylic acids is 1. The van der Waals surface area contributed by atoms with Crippen molar-refractivity contribution in [2.75, 3.05) is 32.3 Å². The van der Waals surface area contributed by atoms with E-state index in [1.807, 2.05) is 24.3 Å². The minimum atomic E-state index is -0.200. The summed E-state index contributed by atoms with van der Waals surface area (Å²) >= 11 is 1.41. The minimum absolute atomic E-state index is 0.200. The number of benzene rings is 2. The fraction of sp³-hybridized carbons (Fsp3) is 0.208. The van der Waals surface area contributed by atoms with Crippen LogP contribution in [-0.4, -0.2) is 43.3 Å². The van der Waals surface area contributed by atoms with E-state index in [0.717, 1.165) is 15.8 Å². The lowest BCUT2D eigenvalue weighted by molar-refractivity contribution is 0.0984. The average molecular weight is 464 g/mol. The molecule has 3 heterocycles. The lowest BCUT2D eigenvalue weighted by Crippen LogP contribution is -2.30. The van der Waals surface area contributed by atoms with E-state index in [1.165, 1.54) is 11.3 Å². The molecule has 1 amide bonds. The first-order chi connectivity index (χ1) is 16.2. The number of fused-ring (bicyclic) bond motifs is 2. The quantitative estimate of drug-likeness (QED) is 0.421. The second-order valence-corrected chi connectivity index (χ2v) is 8.29. The predicted molar refractivity (Wildman–Crippen MR) is 125 cm³/mol. The van der Waals surface area contributed by atoms with Gasteiger partial charge >= 0.3 is 0 Å². The van der Waals surface area contributed by atoms with Gasteiger partial charge in [0.1, 0.15) is 13.2 Å². The second kappa shape index (κ2) is 8.95. The fourth-order valence-electron chi connectivity index (χ4n) is 3.59. The molecule has 1 aliphatic heterocycles. The molecule has 0 atom stereocenters. The SMILES string of the molecule is COc1cc2nc(N(Cc3cccnc3)C(=O)c3ccc4c(c3)OCCO4)sc2cc1OC. The molecule has 0 aliphatic carbocycles. The molecule has 4 aromatic rings. The molecule has 0 saturated heterocycles. The number of carbonyl (C=O) groups is 1. The van der Waals surface area contributed by atoms with E-state index in [1.54, 1.807) is 49.7 Å². The molecule has 5 rings (SSSR count). The maximum atomic E-state index is 13.7. The molecule has 0 saturated carbocycles. The van der Waals surface area contributed by atoms with Crippen LogP contribution in [0.4, 0.5) is 5.13 Å². The van der Waals surface area contributed by atoms with Crippen molar-refractivity contribution >= 4 is 32.6 Å². The third-order valence-corrected chi connectivity index (χ3v) is 6.25. The van der Waals surface area contributed by atoms with Crippen LogP contribution in [0.5, 0.6) is 23.0 Å². The van der Waals surface area contributed by atoms with Gasteiger partial charge in [0.05, 0.1) is 31.0 Å².